The van der Waals surface area contributed by atoms with Crippen LogP contribution in [0.3, 0.4) is 0 Å². The highest BCUT2D eigenvalue weighted by Gasteiger charge is 2.25. The quantitative estimate of drug-likeness (QED) is 0.893. The third kappa shape index (κ3) is 4.03. The van der Waals surface area contributed by atoms with Gasteiger partial charge in [-0.05, 0) is 38.9 Å². The summed E-state index contributed by atoms with van der Waals surface area (Å²) in [7, 11) is 2.20. The summed E-state index contributed by atoms with van der Waals surface area (Å²) >= 11 is 0. The molecule has 1 aromatic carbocycles. The Kier molecular flexibility index (Phi) is 5.37. The minimum absolute atomic E-state index is 0.501. The van der Waals surface area contributed by atoms with Gasteiger partial charge in [0, 0.05) is 31.7 Å². The van der Waals surface area contributed by atoms with Crippen LogP contribution in [0.5, 0.6) is 0 Å². The Hall–Kier alpha value is -0.900. The summed E-state index contributed by atoms with van der Waals surface area (Å²) in [6.45, 7) is 6.49. The fourth-order valence-electron chi connectivity index (χ4n) is 2.83. The van der Waals surface area contributed by atoms with E-state index < -0.39 is 0 Å². The van der Waals surface area contributed by atoms with Crippen LogP contribution in [0.1, 0.15) is 18.9 Å². The van der Waals surface area contributed by atoms with E-state index in [1.165, 1.54) is 12.0 Å². The number of nitrogens with zero attached hydrogens (tertiary/aromatic N) is 2. The molecule has 2 rings (SSSR count). The lowest BCUT2D eigenvalue weighted by Gasteiger charge is -2.30. The molecule has 3 nitrogen and oxygen atoms in total. The van der Waals surface area contributed by atoms with Crippen LogP contribution in [0.15, 0.2) is 30.3 Å². The molecular weight excluding hydrogens is 234 g/mol. The first-order valence-corrected chi connectivity index (χ1v) is 7.39. The Morgan fingerprint density at radius 3 is 2.68 bits per heavy atom. The van der Waals surface area contributed by atoms with Gasteiger partial charge in [-0.2, -0.15) is 0 Å². The lowest BCUT2D eigenvalue weighted by molar-refractivity contribution is 0.185. The van der Waals surface area contributed by atoms with Crippen LogP contribution in [-0.4, -0.2) is 55.1 Å². The van der Waals surface area contributed by atoms with Crippen LogP contribution in [0.4, 0.5) is 0 Å². The van der Waals surface area contributed by atoms with Crippen molar-refractivity contribution in [2.75, 3.05) is 33.2 Å². The summed E-state index contributed by atoms with van der Waals surface area (Å²) in [6.07, 6.45) is 2.37. The van der Waals surface area contributed by atoms with Crippen molar-refractivity contribution in [3.8, 4) is 0 Å². The Labute approximate surface area is 117 Å². The summed E-state index contributed by atoms with van der Waals surface area (Å²) in [5, 5.41) is 0. The van der Waals surface area contributed by atoms with Crippen molar-refractivity contribution in [1.82, 2.24) is 9.80 Å². The predicted octanol–water partition coefficient (Wildman–Crippen LogP) is 1.58. The van der Waals surface area contributed by atoms with Gasteiger partial charge in [-0.25, -0.2) is 0 Å². The molecule has 3 heteroatoms. The maximum atomic E-state index is 5.91. The van der Waals surface area contributed by atoms with E-state index in [9.17, 15) is 0 Å². The monoisotopic (exact) mass is 261 g/mol. The van der Waals surface area contributed by atoms with E-state index in [0.717, 1.165) is 32.6 Å². The Bertz CT molecular complexity index is 366. The normalized spacial score (nSPS) is 26.3. The van der Waals surface area contributed by atoms with Gasteiger partial charge < -0.3 is 10.6 Å². The van der Waals surface area contributed by atoms with Gasteiger partial charge in [0.2, 0.25) is 0 Å². The van der Waals surface area contributed by atoms with Crippen molar-refractivity contribution in [2.24, 2.45) is 5.73 Å². The largest absolute Gasteiger partial charge is 0.329 e. The van der Waals surface area contributed by atoms with E-state index in [0.29, 0.717) is 12.1 Å². The van der Waals surface area contributed by atoms with Crippen LogP contribution in [-0.2, 0) is 6.42 Å². The van der Waals surface area contributed by atoms with Gasteiger partial charge in [0.15, 0.2) is 0 Å². The standard InChI is InChI=1S/C16H27N3/c1-14-8-10-18(2)16(12-17)13-19(14)11-9-15-6-4-3-5-7-15/h3-7,14,16H,8-13,17H2,1-2H3. The van der Waals surface area contributed by atoms with Crippen molar-refractivity contribution in [3.05, 3.63) is 35.9 Å². The minimum atomic E-state index is 0.501. The van der Waals surface area contributed by atoms with Gasteiger partial charge >= 0.3 is 0 Å². The molecule has 0 spiro atoms. The fourth-order valence-corrected chi connectivity index (χ4v) is 2.83. The van der Waals surface area contributed by atoms with Crippen molar-refractivity contribution in [2.45, 2.75) is 31.8 Å². The molecule has 1 aromatic rings. The molecule has 0 aromatic heterocycles. The van der Waals surface area contributed by atoms with Gasteiger partial charge in [0.1, 0.15) is 0 Å². The first-order chi connectivity index (χ1) is 9.20. The maximum absolute atomic E-state index is 5.91. The first-order valence-electron chi connectivity index (χ1n) is 7.39. The topological polar surface area (TPSA) is 32.5 Å². The zero-order chi connectivity index (χ0) is 13.7. The number of rotatable bonds is 4. The molecule has 19 heavy (non-hydrogen) atoms. The van der Waals surface area contributed by atoms with Crippen molar-refractivity contribution in [3.63, 3.8) is 0 Å². The van der Waals surface area contributed by atoms with Gasteiger partial charge in [0.05, 0.1) is 0 Å². The number of nitrogens with two attached hydrogens (primary N) is 1. The molecule has 2 atom stereocenters. The van der Waals surface area contributed by atoms with Crippen LogP contribution in [0.25, 0.3) is 0 Å². The molecule has 0 amide bonds. The summed E-state index contributed by atoms with van der Waals surface area (Å²) < 4.78 is 0. The van der Waals surface area contributed by atoms with E-state index in [-0.39, 0.29) is 0 Å². The molecule has 2 N–H and O–H groups in total. The van der Waals surface area contributed by atoms with Crippen molar-refractivity contribution in [1.29, 1.82) is 0 Å². The minimum Gasteiger partial charge on any atom is -0.329 e. The molecule has 1 saturated heterocycles. The zero-order valence-corrected chi connectivity index (χ0v) is 12.3. The summed E-state index contributed by atoms with van der Waals surface area (Å²) in [5.41, 5.74) is 7.34. The molecule has 1 aliphatic rings. The SMILES string of the molecule is CC1CCN(C)C(CN)CN1CCc1ccccc1. The van der Waals surface area contributed by atoms with Gasteiger partial charge in [-0.1, -0.05) is 30.3 Å². The molecule has 1 heterocycles. The molecule has 0 aliphatic carbocycles. The average molecular weight is 261 g/mol. The summed E-state index contributed by atoms with van der Waals surface area (Å²) in [6, 6.07) is 11.9. The average Bonchev–Trinajstić information content (AvgIpc) is 2.58. The third-order valence-corrected chi connectivity index (χ3v) is 4.39. The van der Waals surface area contributed by atoms with Crippen LogP contribution in [0.2, 0.25) is 0 Å². The first kappa shape index (κ1) is 14.5. The van der Waals surface area contributed by atoms with Crippen LogP contribution >= 0.6 is 0 Å². The maximum Gasteiger partial charge on any atom is 0.0342 e. The molecule has 1 fully saturated rings. The Morgan fingerprint density at radius 1 is 1.26 bits per heavy atom. The van der Waals surface area contributed by atoms with Crippen LogP contribution in [0, 0.1) is 0 Å². The molecular formula is C16H27N3. The Morgan fingerprint density at radius 2 is 2.00 bits per heavy atom. The number of hydrogen-bond acceptors (Lipinski definition) is 3. The summed E-state index contributed by atoms with van der Waals surface area (Å²) in [4.78, 5) is 5.02. The highest BCUT2D eigenvalue weighted by Crippen LogP contribution is 2.14. The van der Waals surface area contributed by atoms with Crippen LogP contribution < -0.4 is 5.73 Å². The van der Waals surface area contributed by atoms with Crippen molar-refractivity contribution < 1.29 is 0 Å². The predicted molar refractivity (Wildman–Crippen MR) is 81.3 cm³/mol. The van der Waals surface area contributed by atoms with Gasteiger partial charge in [0.25, 0.3) is 0 Å². The second kappa shape index (κ2) is 7.04. The van der Waals surface area contributed by atoms with E-state index in [1.807, 2.05) is 0 Å². The van der Waals surface area contributed by atoms with E-state index in [4.69, 9.17) is 5.73 Å². The second-order valence-corrected chi connectivity index (χ2v) is 5.74. The number of benzene rings is 1. The van der Waals surface area contributed by atoms with E-state index in [2.05, 4.69) is 54.1 Å². The van der Waals surface area contributed by atoms with Crippen molar-refractivity contribution >= 4 is 0 Å². The highest BCUT2D eigenvalue weighted by molar-refractivity contribution is 5.14. The number of likely N-dealkylation sites (N-methyl/N-ethyl adjacent to an activating group) is 1. The lowest BCUT2D eigenvalue weighted by atomic mass is 10.1. The molecule has 0 bridgehead atoms. The van der Waals surface area contributed by atoms with E-state index in [1.54, 1.807) is 0 Å². The molecule has 2 unspecified atom stereocenters. The summed E-state index contributed by atoms with van der Waals surface area (Å²) in [5.74, 6) is 0. The second-order valence-electron chi connectivity index (χ2n) is 5.74. The zero-order valence-electron chi connectivity index (χ0n) is 12.3. The molecule has 106 valence electrons. The third-order valence-electron chi connectivity index (χ3n) is 4.39. The lowest BCUT2D eigenvalue weighted by Crippen LogP contribution is -2.45. The van der Waals surface area contributed by atoms with E-state index >= 15 is 0 Å². The molecule has 0 saturated carbocycles. The smallest absolute Gasteiger partial charge is 0.0342 e. The number of hydrogen-bond donors (Lipinski definition) is 1. The van der Waals surface area contributed by atoms with Gasteiger partial charge in [-0.3, -0.25) is 4.90 Å². The molecule has 0 radical (unpaired) electrons. The van der Waals surface area contributed by atoms with Gasteiger partial charge in [-0.15, -0.1) is 0 Å². The molecule has 1 aliphatic heterocycles. The fraction of sp³-hybridized carbons (Fsp3) is 0.625. The Balaban J connectivity index is 1.93. The highest BCUT2D eigenvalue weighted by atomic mass is 15.2.